The summed E-state index contributed by atoms with van der Waals surface area (Å²) in [6, 6.07) is 13.0. The Balaban J connectivity index is 1.29. The lowest BCUT2D eigenvalue weighted by Gasteiger charge is -2.08. The molecule has 2 heterocycles. The highest BCUT2D eigenvalue weighted by atomic mass is 35.5. The van der Waals surface area contributed by atoms with Gasteiger partial charge in [-0.2, -0.15) is 9.61 Å². The van der Waals surface area contributed by atoms with Crippen molar-refractivity contribution >= 4 is 68.8 Å². The third kappa shape index (κ3) is 5.31. The molecule has 0 fully saturated rings. The molecular formula is C21H16Cl2N6OS2. The molecule has 162 valence electrons. The van der Waals surface area contributed by atoms with E-state index in [0.717, 1.165) is 26.9 Å². The van der Waals surface area contributed by atoms with Gasteiger partial charge < -0.3 is 5.32 Å². The van der Waals surface area contributed by atoms with E-state index in [-0.39, 0.29) is 11.0 Å². The molecule has 0 saturated carbocycles. The average Bonchev–Trinajstić information content (AvgIpc) is 3.34. The lowest BCUT2D eigenvalue weighted by molar-refractivity contribution is -0.115. The summed E-state index contributed by atoms with van der Waals surface area (Å²) in [6.07, 6.45) is 2.96. The number of carbonyl (C=O) groups excluding carboxylic acids is 1. The number of aryl methyl sites for hydroxylation is 1. The van der Waals surface area contributed by atoms with Gasteiger partial charge in [0.05, 0.1) is 0 Å². The number of rotatable bonds is 5. The van der Waals surface area contributed by atoms with Crippen LogP contribution < -0.4 is 10.6 Å². The molecule has 0 spiro atoms. The van der Waals surface area contributed by atoms with E-state index in [4.69, 9.17) is 35.4 Å². The summed E-state index contributed by atoms with van der Waals surface area (Å²) in [6.45, 7) is 2.33. The number of thiocarbonyl (C=S) groups is 1. The van der Waals surface area contributed by atoms with E-state index in [9.17, 15) is 4.79 Å². The predicted octanol–water partition coefficient (Wildman–Crippen LogP) is 4.67. The maximum atomic E-state index is 12.1. The summed E-state index contributed by atoms with van der Waals surface area (Å²) in [5, 5.41) is 20.3. The van der Waals surface area contributed by atoms with Crippen molar-refractivity contribution in [2.75, 3.05) is 0 Å². The van der Waals surface area contributed by atoms with E-state index in [0.29, 0.717) is 22.2 Å². The highest BCUT2D eigenvalue weighted by Crippen LogP contribution is 2.25. The van der Waals surface area contributed by atoms with Crippen LogP contribution in [0, 0.1) is 6.92 Å². The van der Waals surface area contributed by atoms with E-state index in [1.54, 1.807) is 28.8 Å². The number of hydrogen-bond acceptors (Lipinski definition) is 6. The maximum Gasteiger partial charge on any atom is 0.250 e. The molecule has 2 aromatic carbocycles. The normalized spacial score (nSPS) is 11.2. The van der Waals surface area contributed by atoms with Gasteiger partial charge in [-0.3, -0.25) is 10.1 Å². The maximum absolute atomic E-state index is 12.1. The van der Waals surface area contributed by atoms with Crippen LogP contribution in [-0.2, 0) is 11.3 Å². The molecule has 4 rings (SSSR count). The number of halogens is 2. The second kappa shape index (κ2) is 9.74. The molecule has 7 nitrogen and oxygen atoms in total. The van der Waals surface area contributed by atoms with Crippen molar-refractivity contribution in [3.8, 4) is 10.6 Å². The molecule has 0 bridgehead atoms. The molecule has 2 N–H and O–H groups in total. The lowest BCUT2D eigenvalue weighted by atomic mass is 10.1. The van der Waals surface area contributed by atoms with Gasteiger partial charge in [-0.05, 0) is 48.5 Å². The SMILES string of the molecule is Cc1nnc2sc(-c3ccc(CNC(=S)NC(=O)/C=C/c4ccc(Cl)cc4Cl)cc3)nn12. The summed E-state index contributed by atoms with van der Waals surface area (Å²) in [4.78, 5) is 12.8. The van der Waals surface area contributed by atoms with Gasteiger partial charge >= 0.3 is 0 Å². The summed E-state index contributed by atoms with van der Waals surface area (Å²) in [5.41, 5.74) is 2.68. The standard InChI is InChI=1S/C21H16Cl2N6OS2/c1-12-26-27-21-29(12)28-19(32-21)15-4-2-13(3-5-15)11-24-20(31)25-18(30)9-7-14-6-8-16(22)10-17(14)23/h2-10H,11H2,1H3,(H2,24,25,30,31)/b9-7+. The first-order chi connectivity index (χ1) is 15.4. The summed E-state index contributed by atoms with van der Waals surface area (Å²) in [7, 11) is 0. The molecule has 1 amide bonds. The van der Waals surface area contributed by atoms with Gasteiger partial charge in [-0.1, -0.05) is 64.9 Å². The molecule has 0 unspecified atom stereocenters. The fourth-order valence-electron chi connectivity index (χ4n) is 2.78. The van der Waals surface area contributed by atoms with Crippen molar-refractivity contribution < 1.29 is 4.79 Å². The Bertz CT molecular complexity index is 1330. The Labute approximate surface area is 203 Å². The third-order valence-electron chi connectivity index (χ3n) is 4.41. The number of benzene rings is 2. The Morgan fingerprint density at radius 2 is 1.97 bits per heavy atom. The predicted molar refractivity (Wildman–Crippen MR) is 132 cm³/mol. The van der Waals surface area contributed by atoms with Crippen LogP contribution in [0.25, 0.3) is 21.6 Å². The van der Waals surface area contributed by atoms with Crippen LogP contribution in [0.1, 0.15) is 17.0 Å². The van der Waals surface area contributed by atoms with Crippen LogP contribution in [0.2, 0.25) is 10.0 Å². The van der Waals surface area contributed by atoms with Crippen molar-refractivity contribution in [3.63, 3.8) is 0 Å². The van der Waals surface area contributed by atoms with E-state index >= 15 is 0 Å². The fraction of sp³-hybridized carbons (Fsp3) is 0.0952. The van der Waals surface area contributed by atoms with Crippen LogP contribution in [0.3, 0.4) is 0 Å². The number of nitrogens with zero attached hydrogens (tertiary/aromatic N) is 4. The van der Waals surface area contributed by atoms with Crippen molar-refractivity contribution in [1.29, 1.82) is 0 Å². The minimum Gasteiger partial charge on any atom is -0.358 e. The van der Waals surface area contributed by atoms with Crippen LogP contribution in [0.4, 0.5) is 0 Å². The van der Waals surface area contributed by atoms with E-state index < -0.39 is 0 Å². The molecule has 2 aromatic heterocycles. The largest absolute Gasteiger partial charge is 0.358 e. The quantitative estimate of drug-likeness (QED) is 0.304. The minimum atomic E-state index is -0.359. The van der Waals surface area contributed by atoms with E-state index in [2.05, 4.69) is 25.9 Å². The second-order valence-electron chi connectivity index (χ2n) is 6.72. The number of aromatic nitrogens is 4. The summed E-state index contributed by atoms with van der Waals surface area (Å²) >= 11 is 18.6. The van der Waals surface area contributed by atoms with E-state index in [1.165, 1.54) is 17.4 Å². The van der Waals surface area contributed by atoms with Gasteiger partial charge in [0.15, 0.2) is 10.9 Å². The van der Waals surface area contributed by atoms with Gasteiger partial charge in [0.1, 0.15) is 5.01 Å². The zero-order valence-electron chi connectivity index (χ0n) is 16.7. The molecular weight excluding hydrogens is 487 g/mol. The Morgan fingerprint density at radius 1 is 1.19 bits per heavy atom. The highest BCUT2D eigenvalue weighted by molar-refractivity contribution is 7.80. The molecule has 0 aliphatic heterocycles. The first-order valence-electron chi connectivity index (χ1n) is 9.39. The van der Waals surface area contributed by atoms with Crippen molar-refractivity contribution in [1.82, 2.24) is 30.4 Å². The molecule has 0 saturated heterocycles. The molecule has 0 aliphatic rings. The first kappa shape index (κ1) is 22.3. The lowest BCUT2D eigenvalue weighted by Crippen LogP contribution is -2.37. The molecule has 32 heavy (non-hydrogen) atoms. The van der Waals surface area contributed by atoms with Gasteiger partial charge in [0.25, 0.3) is 0 Å². The second-order valence-corrected chi connectivity index (χ2v) is 8.92. The smallest absolute Gasteiger partial charge is 0.250 e. The summed E-state index contributed by atoms with van der Waals surface area (Å²) in [5.74, 6) is 0.396. The number of carbonyl (C=O) groups is 1. The highest BCUT2D eigenvalue weighted by Gasteiger charge is 2.10. The van der Waals surface area contributed by atoms with Crippen LogP contribution in [0.15, 0.2) is 48.5 Å². The van der Waals surface area contributed by atoms with Crippen molar-refractivity contribution in [2.45, 2.75) is 13.5 Å². The third-order valence-corrected chi connectivity index (χ3v) is 6.17. The van der Waals surface area contributed by atoms with Crippen molar-refractivity contribution in [3.05, 3.63) is 75.5 Å². The number of hydrogen-bond donors (Lipinski definition) is 2. The number of nitrogens with one attached hydrogen (secondary N) is 2. The van der Waals surface area contributed by atoms with Gasteiger partial charge in [-0.25, -0.2) is 0 Å². The Kier molecular flexibility index (Phi) is 6.80. The van der Waals surface area contributed by atoms with Gasteiger partial charge in [0, 0.05) is 28.2 Å². The Morgan fingerprint density at radius 3 is 2.69 bits per heavy atom. The molecule has 0 radical (unpaired) electrons. The van der Waals surface area contributed by atoms with Crippen LogP contribution in [0.5, 0.6) is 0 Å². The summed E-state index contributed by atoms with van der Waals surface area (Å²) < 4.78 is 1.73. The molecule has 4 aromatic rings. The van der Waals surface area contributed by atoms with Gasteiger partial charge in [-0.15, -0.1) is 10.2 Å². The number of fused-ring (bicyclic) bond motifs is 1. The molecule has 0 atom stereocenters. The zero-order valence-corrected chi connectivity index (χ0v) is 19.8. The first-order valence-corrected chi connectivity index (χ1v) is 11.4. The zero-order chi connectivity index (χ0) is 22.7. The van der Waals surface area contributed by atoms with Gasteiger partial charge in [0.2, 0.25) is 10.9 Å². The molecule has 0 aliphatic carbocycles. The average molecular weight is 503 g/mol. The topological polar surface area (TPSA) is 84.2 Å². The van der Waals surface area contributed by atoms with Crippen LogP contribution >= 0.6 is 46.8 Å². The number of amides is 1. The van der Waals surface area contributed by atoms with Crippen LogP contribution in [-0.4, -0.2) is 30.8 Å². The Hall–Kier alpha value is -2.85. The fourth-order valence-corrected chi connectivity index (χ4v) is 4.31. The van der Waals surface area contributed by atoms with E-state index in [1.807, 2.05) is 31.2 Å². The van der Waals surface area contributed by atoms with Crippen molar-refractivity contribution in [2.24, 2.45) is 0 Å². The monoisotopic (exact) mass is 502 g/mol. The minimum absolute atomic E-state index is 0.232. The molecule has 11 heteroatoms.